The number of hydrogen-bond donors (Lipinski definition) is 0. The maximum absolute atomic E-state index is 12.1. The summed E-state index contributed by atoms with van der Waals surface area (Å²) < 4.78 is 10.6. The second-order valence-electron chi connectivity index (χ2n) is 4.62. The number of Topliss-reactive ketones (excluding diaryl/α,β-unsaturated/α-hetero) is 1. The monoisotopic (exact) mass is 301 g/mol. The van der Waals surface area contributed by atoms with Crippen molar-refractivity contribution >= 4 is 11.5 Å². The van der Waals surface area contributed by atoms with Crippen molar-refractivity contribution in [2.45, 2.75) is 6.92 Å². The lowest BCUT2D eigenvalue weighted by Gasteiger charge is -2.09. The minimum atomic E-state index is -0.507. The lowest BCUT2D eigenvalue weighted by atomic mass is 10.1. The number of ketones is 1. The molecule has 0 aromatic heterocycles. The number of hydrogen-bond acceptors (Lipinski definition) is 5. The predicted octanol–water partition coefficient (Wildman–Crippen LogP) is 3.17. The zero-order chi connectivity index (χ0) is 16.1. The molecule has 0 amide bonds. The summed E-state index contributed by atoms with van der Waals surface area (Å²) in [5.41, 5.74) is 0.669. The van der Waals surface area contributed by atoms with Gasteiger partial charge in [0, 0.05) is 17.2 Å². The second kappa shape index (κ2) is 6.71. The van der Waals surface area contributed by atoms with Gasteiger partial charge in [-0.1, -0.05) is 24.3 Å². The molecule has 0 spiro atoms. The molecule has 0 unspecified atom stereocenters. The highest BCUT2D eigenvalue weighted by atomic mass is 16.6. The van der Waals surface area contributed by atoms with E-state index in [0.29, 0.717) is 17.1 Å². The minimum Gasteiger partial charge on any atom is -0.493 e. The molecule has 0 bridgehead atoms. The Hall–Kier alpha value is -2.89. The zero-order valence-corrected chi connectivity index (χ0v) is 12.2. The Morgan fingerprint density at radius 1 is 1.18 bits per heavy atom. The number of aryl methyl sites for hydroxylation is 1. The van der Waals surface area contributed by atoms with Gasteiger partial charge >= 0.3 is 0 Å². The van der Waals surface area contributed by atoms with Crippen LogP contribution in [-0.4, -0.2) is 24.4 Å². The molecule has 0 aliphatic rings. The van der Waals surface area contributed by atoms with Gasteiger partial charge in [0.15, 0.2) is 23.9 Å². The topological polar surface area (TPSA) is 78.7 Å². The van der Waals surface area contributed by atoms with Gasteiger partial charge in [-0.05, 0) is 19.1 Å². The molecule has 0 heterocycles. The Morgan fingerprint density at radius 3 is 2.50 bits per heavy atom. The van der Waals surface area contributed by atoms with Gasteiger partial charge in [-0.25, -0.2) is 0 Å². The van der Waals surface area contributed by atoms with Gasteiger partial charge in [0.05, 0.1) is 12.0 Å². The second-order valence-corrected chi connectivity index (χ2v) is 4.62. The van der Waals surface area contributed by atoms with Gasteiger partial charge in [0.2, 0.25) is 0 Å². The largest absolute Gasteiger partial charge is 0.493 e. The van der Waals surface area contributed by atoms with E-state index in [1.54, 1.807) is 43.3 Å². The third-order valence-corrected chi connectivity index (χ3v) is 3.16. The fourth-order valence-electron chi connectivity index (χ4n) is 1.94. The summed E-state index contributed by atoms with van der Waals surface area (Å²) in [6, 6.07) is 11.3. The fraction of sp³-hybridized carbons (Fsp3) is 0.188. The molecule has 0 saturated carbocycles. The number of nitro benzene ring substituents is 1. The van der Waals surface area contributed by atoms with Crippen LogP contribution in [-0.2, 0) is 0 Å². The number of nitro groups is 1. The minimum absolute atomic E-state index is 0.0804. The van der Waals surface area contributed by atoms with E-state index < -0.39 is 4.92 Å². The first kappa shape index (κ1) is 15.5. The normalized spacial score (nSPS) is 10.1. The Balaban J connectivity index is 2.13. The van der Waals surface area contributed by atoms with Crippen molar-refractivity contribution in [3.8, 4) is 11.5 Å². The first-order chi connectivity index (χ1) is 10.5. The summed E-state index contributed by atoms with van der Waals surface area (Å²) in [6.07, 6.45) is 0. The number of benzene rings is 2. The van der Waals surface area contributed by atoms with Crippen LogP contribution in [0.5, 0.6) is 11.5 Å². The smallest absolute Gasteiger partial charge is 0.273 e. The quantitative estimate of drug-likeness (QED) is 0.465. The lowest BCUT2D eigenvalue weighted by molar-refractivity contribution is -0.385. The molecular formula is C16H15NO5. The molecule has 0 saturated heterocycles. The molecule has 0 atom stereocenters. The molecule has 2 aromatic rings. The molecule has 6 nitrogen and oxygen atoms in total. The van der Waals surface area contributed by atoms with E-state index in [2.05, 4.69) is 0 Å². The molecule has 0 fully saturated rings. The van der Waals surface area contributed by atoms with Crippen molar-refractivity contribution in [3.05, 3.63) is 63.7 Å². The van der Waals surface area contributed by atoms with Crippen LogP contribution in [0.25, 0.3) is 0 Å². The Labute approximate surface area is 127 Å². The number of nitrogens with zero attached hydrogens (tertiary/aromatic N) is 1. The molecule has 2 aromatic carbocycles. The van der Waals surface area contributed by atoms with Crippen molar-refractivity contribution < 1.29 is 19.2 Å². The molecule has 0 aliphatic carbocycles. The molecule has 2 rings (SSSR count). The summed E-state index contributed by atoms with van der Waals surface area (Å²) in [7, 11) is 1.51. The Kier molecular flexibility index (Phi) is 4.73. The first-order valence-corrected chi connectivity index (χ1v) is 6.57. The maximum Gasteiger partial charge on any atom is 0.273 e. The van der Waals surface area contributed by atoms with Crippen molar-refractivity contribution in [3.63, 3.8) is 0 Å². The van der Waals surface area contributed by atoms with Crippen LogP contribution in [0.3, 0.4) is 0 Å². The van der Waals surface area contributed by atoms with Gasteiger partial charge in [-0.15, -0.1) is 0 Å². The standard InChI is InChI=1S/C16H15NO5/c1-11-7-8-12(9-13(11)17(19)20)14(18)10-22-16-6-4-3-5-15(16)21-2/h3-9H,10H2,1-2H3. The van der Waals surface area contributed by atoms with E-state index in [4.69, 9.17) is 9.47 Å². The first-order valence-electron chi connectivity index (χ1n) is 6.57. The van der Waals surface area contributed by atoms with Gasteiger partial charge < -0.3 is 9.47 Å². The molecule has 6 heteroatoms. The molecule has 114 valence electrons. The van der Waals surface area contributed by atoms with Gasteiger partial charge in [0.1, 0.15) is 0 Å². The van der Waals surface area contributed by atoms with E-state index >= 15 is 0 Å². The lowest BCUT2D eigenvalue weighted by Crippen LogP contribution is -2.12. The number of ether oxygens (including phenoxy) is 2. The summed E-state index contributed by atoms with van der Waals surface area (Å²) in [5.74, 6) is 0.624. The van der Waals surface area contributed by atoms with E-state index in [-0.39, 0.29) is 23.6 Å². The summed E-state index contributed by atoms with van der Waals surface area (Å²) >= 11 is 0. The van der Waals surface area contributed by atoms with Crippen molar-refractivity contribution in [2.24, 2.45) is 0 Å². The molecule has 0 N–H and O–H groups in total. The van der Waals surface area contributed by atoms with Crippen LogP contribution < -0.4 is 9.47 Å². The van der Waals surface area contributed by atoms with E-state index in [0.717, 1.165) is 0 Å². The summed E-state index contributed by atoms with van der Waals surface area (Å²) in [5, 5.41) is 10.9. The van der Waals surface area contributed by atoms with Crippen LogP contribution in [0.1, 0.15) is 15.9 Å². The summed E-state index contributed by atoms with van der Waals surface area (Å²) in [4.78, 5) is 22.5. The van der Waals surface area contributed by atoms with Crippen LogP contribution in [0.2, 0.25) is 0 Å². The number of rotatable bonds is 6. The molecule has 0 radical (unpaired) electrons. The predicted molar refractivity (Wildman–Crippen MR) is 80.7 cm³/mol. The van der Waals surface area contributed by atoms with E-state index in [9.17, 15) is 14.9 Å². The van der Waals surface area contributed by atoms with Crippen LogP contribution in [0, 0.1) is 17.0 Å². The Bertz CT molecular complexity index is 711. The SMILES string of the molecule is COc1ccccc1OCC(=O)c1ccc(C)c([N+](=O)[O-])c1. The average Bonchev–Trinajstić information content (AvgIpc) is 2.53. The van der Waals surface area contributed by atoms with Gasteiger partial charge in [-0.3, -0.25) is 14.9 Å². The van der Waals surface area contributed by atoms with Gasteiger partial charge in [0.25, 0.3) is 5.69 Å². The number of carbonyl (C=O) groups is 1. The van der Waals surface area contributed by atoms with Crippen LogP contribution >= 0.6 is 0 Å². The molecule has 0 aliphatic heterocycles. The van der Waals surface area contributed by atoms with Crippen molar-refractivity contribution in [2.75, 3.05) is 13.7 Å². The van der Waals surface area contributed by atoms with Crippen molar-refractivity contribution in [1.82, 2.24) is 0 Å². The number of methoxy groups -OCH3 is 1. The Morgan fingerprint density at radius 2 is 1.86 bits per heavy atom. The van der Waals surface area contributed by atoms with Crippen LogP contribution in [0.15, 0.2) is 42.5 Å². The van der Waals surface area contributed by atoms with Gasteiger partial charge in [-0.2, -0.15) is 0 Å². The molecule has 22 heavy (non-hydrogen) atoms. The third-order valence-electron chi connectivity index (χ3n) is 3.16. The van der Waals surface area contributed by atoms with Crippen LogP contribution in [0.4, 0.5) is 5.69 Å². The summed E-state index contributed by atoms with van der Waals surface area (Å²) in [6.45, 7) is 1.40. The average molecular weight is 301 g/mol. The highest BCUT2D eigenvalue weighted by Gasteiger charge is 2.16. The number of para-hydroxylation sites is 2. The third kappa shape index (κ3) is 3.41. The zero-order valence-electron chi connectivity index (χ0n) is 12.2. The number of carbonyl (C=O) groups excluding carboxylic acids is 1. The van der Waals surface area contributed by atoms with E-state index in [1.807, 2.05) is 0 Å². The molecular weight excluding hydrogens is 286 g/mol. The highest BCUT2D eigenvalue weighted by Crippen LogP contribution is 2.26. The maximum atomic E-state index is 12.1. The van der Waals surface area contributed by atoms with E-state index in [1.165, 1.54) is 13.2 Å². The van der Waals surface area contributed by atoms with Crippen molar-refractivity contribution in [1.29, 1.82) is 0 Å². The fourth-order valence-corrected chi connectivity index (χ4v) is 1.94. The highest BCUT2D eigenvalue weighted by molar-refractivity contribution is 5.98.